The van der Waals surface area contributed by atoms with Crippen LogP contribution < -0.4 is 16.1 Å². The molecule has 0 radical (unpaired) electrons. The number of hydroxylamine groups is 2. The van der Waals surface area contributed by atoms with Crippen LogP contribution in [0, 0.1) is 5.21 Å². The van der Waals surface area contributed by atoms with E-state index in [1.165, 1.54) is 0 Å². The fraction of sp³-hybridized carbons (Fsp3) is 0.467. The maximum absolute atomic E-state index is 12.5. The van der Waals surface area contributed by atoms with Gasteiger partial charge in [-0.1, -0.05) is 0 Å². The first kappa shape index (κ1) is 14.8. The van der Waals surface area contributed by atoms with Crippen molar-refractivity contribution in [1.82, 2.24) is 5.43 Å². The Morgan fingerprint density at radius 3 is 2.50 bits per heavy atom. The Hall–Kier alpha value is -1.56. The summed E-state index contributed by atoms with van der Waals surface area (Å²) < 4.78 is -0.495. The van der Waals surface area contributed by atoms with Gasteiger partial charge in [-0.2, -0.15) is 5.43 Å². The van der Waals surface area contributed by atoms with E-state index in [4.69, 9.17) is 0 Å². The number of anilines is 2. The standard InChI is InChI=1S/C15H24N4O/c1-4-16-13-9-12-11-19(20,18-6-3)8-7-14(12)15(10-13)17-5-2/h7-10,16-18H,4-6,11H2,1-3H3. The van der Waals surface area contributed by atoms with Gasteiger partial charge in [0.05, 0.1) is 0 Å². The lowest BCUT2D eigenvalue weighted by Crippen LogP contribution is -2.49. The molecule has 5 nitrogen and oxygen atoms in total. The molecule has 1 unspecified atom stereocenters. The third kappa shape index (κ3) is 3.12. The van der Waals surface area contributed by atoms with Gasteiger partial charge in [0.25, 0.3) is 0 Å². The topological polar surface area (TPSA) is 59.1 Å². The molecule has 5 heteroatoms. The Kier molecular flexibility index (Phi) is 4.65. The van der Waals surface area contributed by atoms with E-state index in [1.807, 2.05) is 13.0 Å². The molecule has 0 fully saturated rings. The quantitative estimate of drug-likeness (QED) is 0.552. The Morgan fingerprint density at radius 1 is 1.10 bits per heavy atom. The van der Waals surface area contributed by atoms with E-state index in [0.29, 0.717) is 13.1 Å². The highest BCUT2D eigenvalue weighted by Crippen LogP contribution is 2.32. The van der Waals surface area contributed by atoms with Gasteiger partial charge in [0.15, 0.2) is 0 Å². The van der Waals surface area contributed by atoms with Gasteiger partial charge in [-0.3, -0.25) is 4.76 Å². The normalized spacial score (nSPS) is 20.6. The molecule has 1 heterocycles. The molecule has 1 aromatic rings. The van der Waals surface area contributed by atoms with Crippen molar-refractivity contribution in [3.63, 3.8) is 0 Å². The largest absolute Gasteiger partial charge is 0.607 e. The minimum Gasteiger partial charge on any atom is -0.607 e. The van der Waals surface area contributed by atoms with E-state index >= 15 is 0 Å². The molecule has 20 heavy (non-hydrogen) atoms. The molecule has 1 aliphatic heterocycles. The van der Waals surface area contributed by atoms with E-state index < -0.39 is 4.76 Å². The Balaban J connectivity index is 2.39. The van der Waals surface area contributed by atoms with Crippen molar-refractivity contribution in [3.05, 3.63) is 34.7 Å². The molecular formula is C15H24N4O. The van der Waals surface area contributed by atoms with Crippen LogP contribution in [0.1, 0.15) is 31.9 Å². The maximum Gasteiger partial charge on any atom is 0.127 e. The summed E-state index contributed by atoms with van der Waals surface area (Å²) >= 11 is 0. The number of nitrogens with zero attached hydrogens (tertiary/aromatic N) is 1. The van der Waals surface area contributed by atoms with Gasteiger partial charge < -0.3 is 15.8 Å². The molecule has 0 saturated carbocycles. The molecule has 1 atom stereocenters. The van der Waals surface area contributed by atoms with Gasteiger partial charge in [0.2, 0.25) is 0 Å². The lowest BCUT2D eigenvalue weighted by Gasteiger charge is -2.40. The summed E-state index contributed by atoms with van der Waals surface area (Å²) in [5.74, 6) is 0. The number of nitrogens with one attached hydrogen (secondary N) is 3. The van der Waals surface area contributed by atoms with Crippen LogP contribution in [-0.2, 0) is 6.54 Å². The van der Waals surface area contributed by atoms with E-state index in [0.717, 1.165) is 35.6 Å². The number of benzene rings is 1. The molecule has 0 spiro atoms. The van der Waals surface area contributed by atoms with Crippen molar-refractivity contribution in [1.29, 1.82) is 0 Å². The fourth-order valence-electron chi connectivity index (χ4n) is 2.56. The third-order valence-corrected chi connectivity index (χ3v) is 3.33. The highest BCUT2D eigenvalue weighted by molar-refractivity contribution is 5.74. The molecule has 0 amide bonds. The predicted octanol–water partition coefficient (Wildman–Crippen LogP) is 2.87. The summed E-state index contributed by atoms with van der Waals surface area (Å²) in [6, 6.07) is 4.18. The molecule has 3 N–H and O–H groups in total. The first-order chi connectivity index (χ1) is 9.61. The SMILES string of the molecule is CCNc1cc2c(c(NCC)c1)C=C[N+]([O-])(NCC)C2. The zero-order valence-electron chi connectivity index (χ0n) is 12.5. The van der Waals surface area contributed by atoms with Crippen LogP contribution in [0.15, 0.2) is 18.3 Å². The van der Waals surface area contributed by atoms with Crippen molar-refractivity contribution < 1.29 is 4.76 Å². The van der Waals surface area contributed by atoms with Crippen molar-refractivity contribution in [3.8, 4) is 0 Å². The van der Waals surface area contributed by atoms with Gasteiger partial charge in [-0.25, -0.2) is 0 Å². The second-order valence-corrected chi connectivity index (χ2v) is 4.94. The number of quaternary nitrogens is 1. The molecule has 1 aromatic carbocycles. The minimum absolute atomic E-state index is 0.414. The maximum atomic E-state index is 12.5. The Bertz CT molecular complexity index is 501. The molecule has 0 aliphatic carbocycles. The average molecular weight is 276 g/mol. The molecule has 0 bridgehead atoms. The van der Waals surface area contributed by atoms with E-state index in [1.54, 1.807) is 6.20 Å². The average Bonchev–Trinajstić information content (AvgIpc) is 2.39. The van der Waals surface area contributed by atoms with E-state index in [2.05, 4.69) is 42.0 Å². The summed E-state index contributed by atoms with van der Waals surface area (Å²) in [6.07, 6.45) is 3.60. The number of hydrogen-bond acceptors (Lipinski definition) is 4. The van der Waals surface area contributed by atoms with Crippen LogP contribution >= 0.6 is 0 Å². The summed E-state index contributed by atoms with van der Waals surface area (Å²) in [5, 5.41) is 19.2. The lowest BCUT2D eigenvalue weighted by molar-refractivity contribution is -0.888. The highest BCUT2D eigenvalue weighted by atomic mass is 16.6. The van der Waals surface area contributed by atoms with Gasteiger partial charge >= 0.3 is 0 Å². The predicted molar refractivity (Wildman–Crippen MR) is 84.8 cm³/mol. The number of rotatable bonds is 6. The van der Waals surface area contributed by atoms with Crippen LogP contribution in [0.2, 0.25) is 0 Å². The van der Waals surface area contributed by atoms with Crippen LogP contribution in [0.3, 0.4) is 0 Å². The van der Waals surface area contributed by atoms with Crippen molar-refractivity contribution in [2.75, 3.05) is 30.3 Å². The van der Waals surface area contributed by atoms with Crippen molar-refractivity contribution in [2.45, 2.75) is 27.3 Å². The van der Waals surface area contributed by atoms with Crippen LogP contribution in [0.25, 0.3) is 6.08 Å². The van der Waals surface area contributed by atoms with Gasteiger partial charge in [-0.15, -0.1) is 0 Å². The molecule has 1 aliphatic rings. The Morgan fingerprint density at radius 2 is 1.85 bits per heavy atom. The van der Waals surface area contributed by atoms with Gasteiger partial charge in [0.1, 0.15) is 12.7 Å². The summed E-state index contributed by atoms with van der Waals surface area (Å²) in [4.78, 5) is 0. The monoisotopic (exact) mass is 276 g/mol. The molecule has 0 saturated heterocycles. The molecule has 0 aromatic heterocycles. The minimum atomic E-state index is -0.495. The van der Waals surface area contributed by atoms with E-state index in [-0.39, 0.29) is 0 Å². The lowest BCUT2D eigenvalue weighted by atomic mass is 10.0. The molecule has 2 rings (SSSR count). The summed E-state index contributed by atoms with van der Waals surface area (Å²) in [7, 11) is 0. The highest BCUT2D eigenvalue weighted by Gasteiger charge is 2.23. The smallest absolute Gasteiger partial charge is 0.127 e. The van der Waals surface area contributed by atoms with Crippen LogP contribution in [0.5, 0.6) is 0 Å². The third-order valence-electron chi connectivity index (χ3n) is 3.33. The molecule has 110 valence electrons. The zero-order chi connectivity index (χ0) is 14.6. The number of fused-ring (bicyclic) bond motifs is 1. The van der Waals surface area contributed by atoms with E-state index in [9.17, 15) is 5.21 Å². The Labute approximate surface area is 120 Å². The second kappa shape index (κ2) is 6.26. The summed E-state index contributed by atoms with van der Waals surface area (Å²) in [5.41, 5.74) is 7.29. The van der Waals surface area contributed by atoms with Crippen LogP contribution in [0.4, 0.5) is 11.4 Å². The number of hydrogen-bond donors (Lipinski definition) is 3. The van der Waals surface area contributed by atoms with Crippen LogP contribution in [-0.4, -0.2) is 24.4 Å². The van der Waals surface area contributed by atoms with Gasteiger partial charge in [0, 0.05) is 48.2 Å². The second-order valence-electron chi connectivity index (χ2n) is 4.94. The van der Waals surface area contributed by atoms with Crippen molar-refractivity contribution >= 4 is 17.5 Å². The summed E-state index contributed by atoms with van der Waals surface area (Å²) in [6.45, 7) is 8.88. The first-order valence-corrected chi connectivity index (χ1v) is 7.29. The fourth-order valence-corrected chi connectivity index (χ4v) is 2.56. The molecular weight excluding hydrogens is 252 g/mol. The zero-order valence-corrected chi connectivity index (χ0v) is 12.5. The van der Waals surface area contributed by atoms with Gasteiger partial charge in [-0.05, 0) is 32.9 Å². The van der Waals surface area contributed by atoms with Crippen molar-refractivity contribution in [2.24, 2.45) is 0 Å². The first-order valence-electron chi connectivity index (χ1n) is 7.29.